The average Bonchev–Trinajstić information content (AvgIpc) is 2.19. The fraction of sp³-hybridized carbons (Fsp3) is 0.833. The van der Waals surface area contributed by atoms with Crippen molar-refractivity contribution < 1.29 is 0 Å². The van der Waals surface area contributed by atoms with Gasteiger partial charge in [0.15, 0.2) is 0 Å². The van der Waals surface area contributed by atoms with E-state index in [9.17, 15) is 0 Å². The minimum Gasteiger partial charge on any atom is -0.310 e. The molecule has 0 aromatic heterocycles. The Bertz CT molecular complexity index is 179. The summed E-state index contributed by atoms with van der Waals surface area (Å²) in [5.74, 6) is 2.31. The van der Waals surface area contributed by atoms with Gasteiger partial charge in [-0.25, -0.2) is 0 Å². The minimum atomic E-state index is 0.623. The molecule has 1 aliphatic carbocycles. The molecule has 0 heterocycles. The Labute approximate surface area is 92.9 Å². The summed E-state index contributed by atoms with van der Waals surface area (Å²) in [7, 11) is 0. The van der Waals surface area contributed by atoms with Gasteiger partial charge in [0.05, 0.1) is 0 Å². The lowest BCUT2D eigenvalue weighted by Crippen LogP contribution is -2.40. The zero-order chi connectivity index (χ0) is 10.4. The number of hydrogen-bond acceptors (Lipinski definition) is 1. The molecule has 0 amide bonds. The predicted octanol–water partition coefficient (Wildman–Crippen LogP) is 3.20. The third-order valence-electron chi connectivity index (χ3n) is 3.46. The zero-order valence-corrected chi connectivity index (χ0v) is 10.1. The summed E-state index contributed by atoms with van der Waals surface area (Å²) in [6.45, 7) is 5.70. The van der Waals surface area contributed by atoms with Crippen molar-refractivity contribution in [3.05, 3.63) is 12.2 Å². The number of rotatable bonds is 4. The molecule has 3 unspecified atom stereocenters. The topological polar surface area (TPSA) is 12.0 Å². The molecule has 1 fully saturated rings. The largest absolute Gasteiger partial charge is 0.310 e. The molecule has 14 heavy (non-hydrogen) atoms. The molecule has 1 N–H and O–H groups in total. The number of nitrogens with one attached hydrogen (secondary N) is 1. The molecule has 2 heteroatoms. The lowest BCUT2D eigenvalue weighted by atomic mass is 9.78. The Morgan fingerprint density at radius 1 is 1.29 bits per heavy atom. The van der Waals surface area contributed by atoms with E-state index < -0.39 is 0 Å². The normalized spacial score (nSPS) is 33.8. The molecule has 0 aliphatic heterocycles. The van der Waals surface area contributed by atoms with Gasteiger partial charge in [0.1, 0.15) is 0 Å². The molecule has 0 aromatic carbocycles. The van der Waals surface area contributed by atoms with Gasteiger partial charge in [0.25, 0.3) is 0 Å². The summed E-state index contributed by atoms with van der Waals surface area (Å²) < 4.78 is 0. The van der Waals surface area contributed by atoms with Gasteiger partial charge in [-0.15, -0.1) is 11.6 Å². The van der Waals surface area contributed by atoms with E-state index in [0.717, 1.165) is 18.4 Å². The van der Waals surface area contributed by atoms with Crippen molar-refractivity contribution in [2.24, 2.45) is 11.8 Å². The van der Waals surface area contributed by atoms with Crippen molar-refractivity contribution in [3.63, 3.8) is 0 Å². The summed E-state index contributed by atoms with van der Waals surface area (Å²) in [5, 5.41) is 3.59. The summed E-state index contributed by atoms with van der Waals surface area (Å²) in [6, 6.07) is 0.707. The number of halogens is 1. The Balaban J connectivity index is 2.25. The number of alkyl halides is 1. The van der Waals surface area contributed by atoms with Crippen LogP contribution in [0.5, 0.6) is 0 Å². The smallest absolute Gasteiger partial charge is 0.0404 e. The predicted molar refractivity (Wildman–Crippen MR) is 63.8 cm³/mol. The Morgan fingerprint density at radius 3 is 2.79 bits per heavy atom. The van der Waals surface area contributed by atoms with Gasteiger partial charge in [0.2, 0.25) is 0 Å². The Hall–Kier alpha value is -0.0100. The summed E-state index contributed by atoms with van der Waals surface area (Å²) >= 11 is 5.56. The van der Waals surface area contributed by atoms with E-state index in [1.807, 2.05) is 6.08 Å². The molecule has 0 saturated heterocycles. The highest BCUT2D eigenvalue weighted by molar-refractivity contribution is 6.18. The fourth-order valence-corrected chi connectivity index (χ4v) is 2.36. The van der Waals surface area contributed by atoms with Crippen LogP contribution in [-0.4, -0.2) is 18.5 Å². The molecule has 0 bridgehead atoms. The quantitative estimate of drug-likeness (QED) is 0.561. The first-order chi connectivity index (χ1) is 6.75. The van der Waals surface area contributed by atoms with Crippen molar-refractivity contribution in [1.29, 1.82) is 0 Å². The van der Waals surface area contributed by atoms with E-state index in [4.69, 9.17) is 11.6 Å². The molecular formula is C12H22ClN. The van der Waals surface area contributed by atoms with Gasteiger partial charge in [-0.05, 0) is 18.3 Å². The second-order valence-electron chi connectivity index (χ2n) is 4.41. The van der Waals surface area contributed by atoms with Crippen LogP contribution in [0.2, 0.25) is 0 Å². The first-order valence-electron chi connectivity index (χ1n) is 5.70. The van der Waals surface area contributed by atoms with Gasteiger partial charge in [-0.1, -0.05) is 38.8 Å². The lowest BCUT2D eigenvalue weighted by Gasteiger charge is -2.34. The van der Waals surface area contributed by atoms with E-state index in [-0.39, 0.29) is 0 Å². The van der Waals surface area contributed by atoms with Crippen LogP contribution < -0.4 is 5.32 Å². The van der Waals surface area contributed by atoms with E-state index in [1.165, 1.54) is 19.3 Å². The van der Waals surface area contributed by atoms with Gasteiger partial charge < -0.3 is 5.32 Å². The first-order valence-corrected chi connectivity index (χ1v) is 6.23. The Kier molecular flexibility index (Phi) is 5.57. The minimum absolute atomic E-state index is 0.623. The molecule has 0 radical (unpaired) electrons. The van der Waals surface area contributed by atoms with E-state index in [2.05, 4.69) is 25.2 Å². The zero-order valence-electron chi connectivity index (χ0n) is 9.30. The van der Waals surface area contributed by atoms with Crippen molar-refractivity contribution >= 4 is 11.6 Å². The van der Waals surface area contributed by atoms with E-state index in [0.29, 0.717) is 11.9 Å². The number of allylic oxidation sites excluding steroid dienone is 1. The highest BCUT2D eigenvalue weighted by atomic mass is 35.5. The maximum absolute atomic E-state index is 5.56. The third-order valence-corrected chi connectivity index (χ3v) is 3.64. The summed E-state index contributed by atoms with van der Waals surface area (Å²) in [4.78, 5) is 0. The van der Waals surface area contributed by atoms with Crippen LogP contribution in [0.4, 0.5) is 0 Å². The molecular weight excluding hydrogens is 194 g/mol. The molecule has 1 rings (SSSR count). The van der Waals surface area contributed by atoms with E-state index in [1.54, 1.807) is 0 Å². The maximum atomic E-state index is 5.56. The van der Waals surface area contributed by atoms with Gasteiger partial charge in [0, 0.05) is 18.5 Å². The van der Waals surface area contributed by atoms with Crippen molar-refractivity contribution in [3.8, 4) is 0 Å². The lowest BCUT2D eigenvalue weighted by molar-refractivity contribution is 0.211. The van der Waals surface area contributed by atoms with Gasteiger partial charge >= 0.3 is 0 Å². The summed E-state index contributed by atoms with van der Waals surface area (Å²) in [6.07, 6.45) is 8.24. The van der Waals surface area contributed by atoms with Crippen LogP contribution in [0.25, 0.3) is 0 Å². The molecule has 1 nitrogen and oxygen atoms in total. The molecule has 1 saturated carbocycles. The molecule has 0 spiro atoms. The van der Waals surface area contributed by atoms with Crippen molar-refractivity contribution in [2.45, 2.75) is 39.2 Å². The average molecular weight is 216 g/mol. The maximum Gasteiger partial charge on any atom is 0.0404 e. The van der Waals surface area contributed by atoms with Gasteiger partial charge in [-0.2, -0.15) is 0 Å². The molecule has 1 aliphatic rings. The molecule has 3 atom stereocenters. The van der Waals surface area contributed by atoms with Crippen LogP contribution in [0.1, 0.15) is 33.1 Å². The van der Waals surface area contributed by atoms with Crippen LogP contribution in [-0.2, 0) is 0 Å². The van der Waals surface area contributed by atoms with Crippen LogP contribution >= 0.6 is 11.6 Å². The Morgan fingerprint density at radius 2 is 2.07 bits per heavy atom. The van der Waals surface area contributed by atoms with Gasteiger partial charge in [-0.3, -0.25) is 0 Å². The molecule has 82 valence electrons. The van der Waals surface area contributed by atoms with Crippen LogP contribution in [0.3, 0.4) is 0 Å². The first kappa shape index (κ1) is 12.1. The standard InChI is InChI=1S/C12H22ClN/c1-10-6-5-7-12(11(10)2)14-9-4-3-8-13/h3-4,10-12,14H,5-9H2,1-2H3/b4-3+. The van der Waals surface area contributed by atoms with Crippen LogP contribution in [0, 0.1) is 11.8 Å². The third kappa shape index (κ3) is 3.62. The SMILES string of the molecule is CC1CCCC(NC/C=C/CCl)C1C. The van der Waals surface area contributed by atoms with Crippen molar-refractivity contribution in [2.75, 3.05) is 12.4 Å². The van der Waals surface area contributed by atoms with Crippen molar-refractivity contribution in [1.82, 2.24) is 5.32 Å². The fourth-order valence-electron chi connectivity index (χ4n) is 2.24. The number of hydrogen-bond donors (Lipinski definition) is 1. The summed E-state index contributed by atoms with van der Waals surface area (Å²) in [5.41, 5.74) is 0. The second kappa shape index (κ2) is 6.47. The second-order valence-corrected chi connectivity index (χ2v) is 4.72. The monoisotopic (exact) mass is 215 g/mol. The van der Waals surface area contributed by atoms with Crippen LogP contribution in [0.15, 0.2) is 12.2 Å². The highest BCUT2D eigenvalue weighted by Crippen LogP contribution is 2.29. The van der Waals surface area contributed by atoms with E-state index >= 15 is 0 Å². The highest BCUT2D eigenvalue weighted by Gasteiger charge is 2.25. The molecule has 0 aromatic rings.